The summed E-state index contributed by atoms with van der Waals surface area (Å²) >= 11 is 0. The Kier molecular flexibility index (Phi) is 3.84. The van der Waals surface area contributed by atoms with Gasteiger partial charge in [-0.05, 0) is 42.8 Å². The quantitative estimate of drug-likeness (QED) is 0.903. The molecule has 0 atom stereocenters. The largest absolute Gasteiger partial charge is 0.478 e. The molecular weight excluding hydrogens is 285 g/mol. The lowest BCUT2D eigenvalue weighted by molar-refractivity contribution is -0.137. The van der Waals surface area contributed by atoms with Gasteiger partial charge in [0.05, 0.1) is 11.1 Å². The van der Waals surface area contributed by atoms with Gasteiger partial charge in [-0.2, -0.15) is 13.2 Å². The zero-order chi connectivity index (χ0) is 15.6. The fourth-order valence-corrected chi connectivity index (χ4v) is 1.85. The van der Waals surface area contributed by atoms with Crippen LogP contribution in [0.1, 0.15) is 21.5 Å². The molecule has 0 spiro atoms. The normalized spacial score (nSPS) is 11.2. The molecule has 0 fully saturated rings. The first-order chi connectivity index (χ1) is 9.79. The number of hydrogen-bond donors (Lipinski definition) is 2. The number of pyridine rings is 1. The summed E-state index contributed by atoms with van der Waals surface area (Å²) in [5.74, 6) is -1.42. The van der Waals surface area contributed by atoms with Crippen molar-refractivity contribution in [2.75, 3.05) is 5.32 Å². The minimum atomic E-state index is -4.52. The molecule has 4 nitrogen and oxygen atoms in total. The molecule has 0 aliphatic heterocycles. The van der Waals surface area contributed by atoms with Gasteiger partial charge in [0.1, 0.15) is 5.82 Å². The monoisotopic (exact) mass is 296 g/mol. The van der Waals surface area contributed by atoms with Gasteiger partial charge in [-0.3, -0.25) is 0 Å². The van der Waals surface area contributed by atoms with E-state index in [-0.39, 0.29) is 11.4 Å². The number of aromatic nitrogens is 1. The standard InChI is InChI=1S/C14H11F3N2O2/c1-8-7-9(4-5-10(8)13(20)21)19-12-11(14(15,16)17)3-2-6-18-12/h2-7H,1H3,(H,18,19)(H,20,21). The van der Waals surface area contributed by atoms with Crippen molar-refractivity contribution in [3.63, 3.8) is 0 Å². The van der Waals surface area contributed by atoms with Crippen LogP contribution in [0.15, 0.2) is 36.5 Å². The predicted molar refractivity (Wildman–Crippen MR) is 70.7 cm³/mol. The van der Waals surface area contributed by atoms with Crippen molar-refractivity contribution in [3.8, 4) is 0 Å². The lowest BCUT2D eigenvalue weighted by Gasteiger charge is -2.13. The average molecular weight is 296 g/mol. The maximum Gasteiger partial charge on any atom is 0.419 e. The summed E-state index contributed by atoms with van der Waals surface area (Å²) in [6.07, 6.45) is -3.28. The van der Waals surface area contributed by atoms with Crippen molar-refractivity contribution in [1.82, 2.24) is 4.98 Å². The first kappa shape index (κ1) is 14.8. The molecule has 1 aromatic heterocycles. The number of rotatable bonds is 3. The second kappa shape index (κ2) is 5.43. The van der Waals surface area contributed by atoms with Crippen molar-refractivity contribution in [2.24, 2.45) is 0 Å². The Morgan fingerprint density at radius 1 is 1.29 bits per heavy atom. The number of halogens is 3. The van der Waals surface area contributed by atoms with Crippen LogP contribution in [0.25, 0.3) is 0 Å². The molecule has 0 unspecified atom stereocenters. The predicted octanol–water partition coefficient (Wildman–Crippen LogP) is 3.85. The van der Waals surface area contributed by atoms with Crippen LogP contribution in [-0.4, -0.2) is 16.1 Å². The minimum Gasteiger partial charge on any atom is -0.478 e. The molecule has 0 saturated carbocycles. The Bertz CT molecular complexity index is 684. The zero-order valence-electron chi connectivity index (χ0n) is 10.9. The SMILES string of the molecule is Cc1cc(Nc2ncccc2C(F)(F)F)ccc1C(=O)O. The molecule has 7 heteroatoms. The fourth-order valence-electron chi connectivity index (χ4n) is 1.85. The van der Waals surface area contributed by atoms with Gasteiger partial charge in [-0.15, -0.1) is 0 Å². The molecular formula is C14H11F3N2O2. The average Bonchev–Trinajstić information content (AvgIpc) is 2.37. The van der Waals surface area contributed by atoms with Crippen LogP contribution in [0.3, 0.4) is 0 Å². The number of aromatic carboxylic acids is 1. The topological polar surface area (TPSA) is 62.2 Å². The Morgan fingerprint density at radius 3 is 2.57 bits per heavy atom. The van der Waals surface area contributed by atoms with Gasteiger partial charge in [0.2, 0.25) is 0 Å². The summed E-state index contributed by atoms with van der Waals surface area (Å²) in [5.41, 5.74) is -0.0127. The van der Waals surface area contributed by atoms with Crippen LogP contribution < -0.4 is 5.32 Å². The first-order valence-electron chi connectivity index (χ1n) is 5.92. The van der Waals surface area contributed by atoms with E-state index in [1.54, 1.807) is 6.92 Å². The highest BCUT2D eigenvalue weighted by Gasteiger charge is 2.34. The van der Waals surface area contributed by atoms with Crippen molar-refractivity contribution in [1.29, 1.82) is 0 Å². The van der Waals surface area contributed by atoms with E-state index >= 15 is 0 Å². The van der Waals surface area contributed by atoms with Crippen LogP contribution in [-0.2, 0) is 6.18 Å². The second-order valence-electron chi connectivity index (χ2n) is 4.36. The maximum atomic E-state index is 12.8. The molecule has 0 radical (unpaired) electrons. The van der Waals surface area contributed by atoms with Gasteiger partial charge in [-0.25, -0.2) is 9.78 Å². The zero-order valence-corrected chi connectivity index (χ0v) is 10.9. The van der Waals surface area contributed by atoms with E-state index in [0.717, 1.165) is 6.07 Å². The van der Waals surface area contributed by atoms with E-state index in [4.69, 9.17) is 5.11 Å². The smallest absolute Gasteiger partial charge is 0.419 e. The molecule has 1 heterocycles. The van der Waals surface area contributed by atoms with Crippen LogP contribution in [0.5, 0.6) is 0 Å². The summed E-state index contributed by atoms with van der Waals surface area (Å²) in [6, 6.07) is 6.31. The van der Waals surface area contributed by atoms with E-state index in [2.05, 4.69) is 10.3 Å². The minimum absolute atomic E-state index is 0.0950. The molecule has 0 saturated heterocycles. The number of nitrogens with one attached hydrogen (secondary N) is 1. The maximum absolute atomic E-state index is 12.8. The van der Waals surface area contributed by atoms with Crippen molar-refractivity contribution >= 4 is 17.5 Å². The Labute approximate surface area is 118 Å². The number of anilines is 2. The summed E-state index contributed by atoms with van der Waals surface area (Å²) in [5, 5.41) is 11.5. The van der Waals surface area contributed by atoms with Gasteiger partial charge in [0, 0.05) is 11.9 Å². The number of alkyl halides is 3. The fraction of sp³-hybridized carbons (Fsp3) is 0.143. The molecule has 21 heavy (non-hydrogen) atoms. The summed E-state index contributed by atoms with van der Waals surface area (Å²) in [4.78, 5) is 14.6. The summed E-state index contributed by atoms with van der Waals surface area (Å²) in [6.45, 7) is 1.57. The summed E-state index contributed by atoms with van der Waals surface area (Å²) in [7, 11) is 0. The first-order valence-corrected chi connectivity index (χ1v) is 5.92. The number of carbonyl (C=O) groups is 1. The van der Waals surface area contributed by atoms with Gasteiger partial charge >= 0.3 is 12.1 Å². The molecule has 2 N–H and O–H groups in total. The third kappa shape index (κ3) is 3.31. The third-order valence-electron chi connectivity index (χ3n) is 2.83. The molecule has 2 rings (SSSR count). The van der Waals surface area contributed by atoms with Crippen LogP contribution in [0, 0.1) is 6.92 Å². The molecule has 0 aliphatic carbocycles. The number of benzene rings is 1. The highest BCUT2D eigenvalue weighted by Crippen LogP contribution is 2.34. The van der Waals surface area contributed by atoms with Crippen LogP contribution in [0.2, 0.25) is 0 Å². The van der Waals surface area contributed by atoms with Crippen LogP contribution in [0.4, 0.5) is 24.7 Å². The van der Waals surface area contributed by atoms with Crippen molar-refractivity contribution in [2.45, 2.75) is 13.1 Å². The molecule has 0 aliphatic rings. The van der Waals surface area contributed by atoms with E-state index < -0.39 is 17.7 Å². The molecule has 2 aromatic rings. The highest BCUT2D eigenvalue weighted by molar-refractivity contribution is 5.90. The van der Waals surface area contributed by atoms with E-state index in [9.17, 15) is 18.0 Å². The van der Waals surface area contributed by atoms with Gasteiger partial charge in [-0.1, -0.05) is 0 Å². The summed E-state index contributed by atoms with van der Waals surface area (Å²) < 4.78 is 38.5. The number of nitrogens with zero attached hydrogens (tertiary/aromatic N) is 1. The Hall–Kier alpha value is -2.57. The second-order valence-corrected chi connectivity index (χ2v) is 4.36. The molecule has 0 amide bonds. The third-order valence-corrected chi connectivity index (χ3v) is 2.83. The lowest BCUT2D eigenvalue weighted by Crippen LogP contribution is -2.10. The lowest BCUT2D eigenvalue weighted by atomic mass is 10.1. The van der Waals surface area contributed by atoms with Gasteiger partial charge in [0.15, 0.2) is 0 Å². The number of carboxylic acids is 1. The van der Waals surface area contributed by atoms with Gasteiger partial charge in [0.25, 0.3) is 0 Å². The van der Waals surface area contributed by atoms with E-state index in [1.165, 1.54) is 30.5 Å². The Balaban J connectivity index is 2.35. The number of carboxylic acid groups (broad SMARTS) is 1. The molecule has 0 bridgehead atoms. The number of aryl methyl sites for hydroxylation is 1. The molecule has 110 valence electrons. The Morgan fingerprint density at radius 2 is 2.00 bits per heavy atom. The van der Waals surface area contributed by atoms with E-state index in [1.807, 2.05) is 0 Å². The van der Waals surface area contributed by atoms with Gasteiger partial charge < -0.3 is 10.4 Å². The van der Waals surface area contributed by atoms with Crippen LogP contribution >= 0.6 is 0 Å². The van der Waals surface area contributed by atoms with E-state index in [0.29, 0.717) is 11.3 Å². The highest BCUT2D eigenvalue weighted by atomic mass is 19.4. The van der Waals surface area contributed by atoms with Crippen molar-refractivity contribution < 1.29 is 23.1 Å². The number of hydrogen-bond acceptors (Lipinski definition) is 3. The molecule has 1 aromatic carbocycles. The van der Waals surface area contributed by atoms with Crippen molar-refractivity contribution in [3.05, 3.63) is 53.2 Å².